The number of imide groups is 1. The summed E-state index contributed by atoms with van der Waals surface area (Å²) < 4.78 is 14.5. The SMILES string of the molecule is N#Cc1ccc(CN2CCC(c3cc(F)cc4c3CN(C3CCC(=O)NC3=O)C4=O)CC2)s1. The first-order valence-corrected chi connectivity index (χ1v) is 11.9. The Morgan fingerprint density at radius 2 is 1.94 bits per heavy atom. The number of nitrogens with zero attached hydrogens (tertiary/aromatic N) is 3. The Hall–Kier alpha value is -3.09. The van der Waals surface area contributed by atoms with E-state index in [1.807, 2.05) is 12.1 Å². The predicted octanol–water partition coefficient (Wildman–Crippen LogP) is 2.90. The van der Waals surface area contributed by atoms with Gasteiger partial charge in [0.1, 0.15) is 22.8 Å². The van der Waals surface area contributed by atoms with Crippen LogP contribution < -0.4 is 5.32 Å². The van der Waals surface area contributed by atoms with E-state index in [1.54, 1.807) is 6.07 Å². The van der Waals surface area contributed by atoms with Crippen LogP contribution in [0.15, 0.2) is 24.3 Å². The zero-order chi connectivity index (χ0) is 23.1. The van der Waals surface area contributed by atoms with Crippen molar-refractivity contribution in [3.05, 3.63) is 56.5 Å². The van der Waals surface area contributed by atoms with Crippen LogP contribution in [0, 0.1) is 17.1 Å². The summed E-state index contributed by atoms with van der Waals surface area (Å²) in [4.78, 5) is 42.6. The third-order valence-corrected chi connectivity index (χ3v) is 7.81. The van der Waals surface area contributed by atoms with E-state index in [4.69, 9.17) is 5.26 Å². The monoisotopic (exact) mass is 466 g/mol. The Labute approximate surface area is 194 Å². The van der Waals surface area contributed by atoms with Crippen molar-refractivity contribution in [1.82, 2.24) is 15.1 Å². The fraction of sp³-hybridized carbons (Fsp3) is 0.417. The Bertz CT molecular complexity index is 1180. The highest BCUT2D eigenvalue weighted by Crippen LogP contribution is 2.38. The molecule has 3 aliphatic rings. The van der Waals surface area contributed by atoms with Crippen LogP contribution in [-0.4, -0.2) is 46.7 Å². The van der Waals surface area contributed by atoms with Gasteiger partial charge in [-0.3, -0.25) is 24.6 Å². The van der Waals surface area contributed by atoms with Crippen LogP contribution in [0.3, 0.4) is 0 Å². The van der Waals surface area contributed by atoms with Gasteiger partial charge in [-0.25, -0.2) is 4.39 Å². The Morgan fingerprint density at radius 1 is 1.15 bits per heavy atom. The molecule has 3 aliphatic heterocycles. The zero-order valence-corrected chi connectivity index (χ0v) is 18.8. The van der Waals surface area contributed by atoms with Gasteiger partial charge >= 0.3 is 0 Å². The summed E-state index contributed by atoms with van der Waals surface area (Å²) in [5, 5.41) is 11.3. The molecule has 2 fully saturated rings. The molecule has 3 amide bonds. The number of carbonyl (C=O) groups excluding carboxylic acids is 3. The number of carbonyl (C=O) groups is 3. The summed E-state index contributed by atoms with van der Waals surface area (Å²) >= 11 is 1.51. The third kappa shape index (κ3) is 4.16. The first kappa shape index (κ1) is 21.7. The van der Waals surface area contributed by atoms with Gasteiger partial charge in [0.15, 0.2) is 0 Å². The van der Waals surface area contributed by atoms with Crippen molar-refractivity contribution < 1.29 is 18.8 Å². The first-order chi connectivity index (χ1) is 15.9. The van der Waals surface area contributed by atoms with Crippen molar-refractivity contribution in [2.24, 2.45) is 0 Å². The number of piperidine rings is 2. The lowest BCUT2D eigenvalue weighted by molar-refractivity contribution is -0.136. The quantitative estimate of drug-likeness (QED) is 0.700. The van der Waals surface area contributed by atoms with Crippen molar-refractivity contribution >= 4 is 29.1 Å². The average molecular weight is 467 g/mol. The summed E-state index contributed by atoms with van der Waals surface area (Å²) in [6.07, 6.45) is 2.17. The highest BCUT2D eigenvalue weighted by atomic mass is 32.1. The lowest BCUT2D eigenvalue weighted by Crippen LogP contribution is -2.52. The van der Waals surface area contributed by atoms with E-state index in [2.05, 4.69) is 16.3 Å². The maximum atomic E-state index is 14.5. The molecule has 1 aromatic heterocycles. The van der Waals surface area contributed by atoms with E-state index in [9.17, 15) is 18.8 Å². The maximum absolute atomic E-state index is 14.5. The van der Waals surface area contributed by atoms with E-state index in [1.165, 1.54) is 22.3 Å². The molecule has 9 heteroatoms. The Balaban J connectivity index is 1.31. The molecule has 1 unspecified atom stereocenters. The van der Waals surface area contributed by atoms with E-state index in [-0.39, 0.29) is 37.1 Å². The van der Waals surface area contributed by atoms with Crippen molar-refractivity contribution in [3.8, 4) is 6.07 Å². The summed E-state index contributed by atoms with van der Waals surface area (Å²) in [5.74, 6) is -1.43. The second-order valence-corrected chi connectivity index (χ2v) is 10.0. The second kappa shape index (κ2) is 8.69. The second-order valence-electron chi connectivity index (χ2n) is 8.85. The zero-order valence-electron chi connectivity index (χ0n) is 18.0. The van der Waals surface area contributed by atoms with E-state index in [0.29, 0.717) is 10.4 Å². The Morgan fingerprint density at radius 3 is 2.64 bits per heavy atom. The number of amides is 3. The molecule has 0 aliphatic carbocycles. The minimum atomic E-state index is -0.704. The molecule has 1 atom stereocenters. The average Bonchev–Trinajstić information content (AvgIpc) is 3.38. The van der Waals surface area contributed by atoms with Crippen LogP contribution >= 0.6 is 11.3 Å². The smallest absolute Gasteiger partial charge is 0.255 e. The van der Waals surface area contributed by atoms with Crippen LogP contribution in [0.2, 0.25) is 0 Å². The molecule has 7 nitrogen and oxygen atoms in total. The molecular formula is C24H23FN4O3S. The van der Waals surface area contributed by atoms with Gasteiger partial charge in [-0.2, -0.15) is 5.26 Å². The minimum absolute atomic E-state index is 0.137. The van der Waals surface area contributed by atoms with Crippen LogP contribution in [0.5, 0.6) is 0 Å². The van der Waals surface area contributed by atoms with Crippen LogP contribution in [-0.2, 0) is 22.7 Å². The summed E-state index contributed by atoms with van der Waals surface area (Å²) in [6, 6.07) is 8.11. The molecule has 1 N–H and O–H groups in total. The van der Waals surface area contributed by atoms with Crippen LogP contribution in [0.1, 0.15) is 62.8 Å². The molecule has 0 radical (unpaired) electrons. The normalized spacial score (nSPS) is 21.8. The summed E-state index contributed by atoms with van der Waals surface area (Å²) in [7, 11) is 0. The van der Waals surface area contributed by atoms with E-state index >= 15 is 0 Å². The number of rotatable bonds is 4. The molecule has 170 valence electrons. The number of nitrogens with one attached hydrogen (secondary N) is 1. The number of fused-ring (bicyclic) bond motifs is 1. The fourth-order valence-electron chi connectivity index (χ4n) is 5.16. The highest BCUT2D eigenvalue weighted by molar-refractivity contribution is 7.12. The van der Waals surface area contributed by atoms with Gasteiger partial charge in [0.25, 0.3) is 5.91 Å². The topological polar surface area (TPSA) is 93.5 Å². The van der Waals surface area contributed by atoms with Gasteiger partial charge in [0, 0.05) is 30.0 Å². The van der Waals surface area contributed by atoms with Gasteiger partial charge in [0.05, 0.1) is 0 Å². The van der Waals surface area contributed by atoms with E-state index in [0.717, 1.165) is 48.5 Å². The van der Waals surface area contributed by atoms with Gasteiger partial charge in [-0.15, -0.1) is 11.3 Å². The van der Waals surface area contributed by atoms with Crippen LogP contribution in [0.25, 0.3) is 0 Å². The van der Waals surface area contributed by atoms with Crippen molar-refractivity contribution in [3.63, 3.8) is 0 Å². The fourth-order valence-corrected chi connectivity index (χ4v) is 6.01. The lowest BCUT2D eigenvalue weighted by Gasteiger charge is -2.33. The first-order valence-electron chi connectivity index (χ1n) is 11.1. The molecule has 0 spiro atoms. The lowest BCUT2D eigenvalue weighted by atomic mass is 9.85. The molecule has 4 heterocycles. The molecule has 2 aromatic rings. The van der Waals surface area contributed by atoms with Gasteiger partial charge < -0.3 is 4.90 Å². The number of benzene rings is 1. The molecular weight excluding hydrogens is 443 g/mol. The summed E-state index contributed by atoms with van der Waals surface area (Å²) in [6.45, 7) is 2.76. The van der Waals surface area contributed by atoms with Gasteiger partial charge in [0.2, 0.25) is 11.8 Å². The third-order valence-electron chi connectivity index (χ3n) is 6.83. The molecule has 2 saturated heterocycles. The molecule has 33 heavy (non-hydrogen) atoms. The molecule has 0 saturated carbocycles. The number of nitriles is 1. The number of hydrogen-bond acceptors (Lipinski definition) is 6. The van der Waals surface area contributed by atoms with Crippen LogP contribution in [0.4, 0.5) is 4.39 Å². The van der Waals surface area contributed by atoms with Gasteiger partial charge in [-0.05, 0) is 73.7 Å². The van der Waals surface area contributed by atoms with Crippen molar-refractivity contribution in [2.75, 3.05) is 13.1 Å². The van der Waals surface area contributed by atoms with E-state index < -0.39 is 17.8 Å². The number of hydrogen-bond donors (Lipinski definition) is 1. The standard InChI is InChI=1S/C24H23FN4O3S/c25-15-9-18(14-5-7-28(8-6-14)12-17-2-1-16(11-26)33-17)20-13-29(24(32)19(20)10-15)21-3-4-22(30)27-23(21)31/h1-2,9-10,14,21H,3-8,12-13H2,(H,27,30,31). The minimum Gasteiger partial charge on any atom is -0.322 e. The van der Waals surface area contributed by atoms with Crippen molar-refractivity contribution in [1.29, 1.82) is 5.26 Å². The largest absolute Gasteiger partial charge is 0.322 e. The maximum Gasteiger partial charge on any atom is 0.255 e. The van der Waals surface area contributed by atoms with Gasteiger partial charge in [-0.1, -0.05) is 0 Å². The Kier molecular flexibility index (Phi) is 5.72. The number of likely N-dealkylation sites (tertiary alicyclic amines) is 1. The number of thiophene rings is 1. The molecule has 0 bridgehead atoms. The molecule has 1 aromatic carbocycles. The molecule has 5 rings (SSSR count). The summed E-state index contributed by atoms with van der Waals surface area (Å²) in [5.41, 5.74) is 2.00. The number of halogens is 1. The predicted molar refractivity (Wildman–Crippen MR) is 119 cm³/mol. The highest BCUT2D eigenvalue weighted by Gasteiger charge is 2.41. The van der Waals surface area contributed by atoms with Crippen molar-refractivity contribution in [2.45, 2.75) is 50.7 Å².